The molecule has 4 heavy (non-hydrogen) atoms. The van der Waals surface area contributed by atoms with E-state index in [1.165, 1.54) is 5.41 Å². The lowest BCUT2D eigenvalue weighted by molar-refractivity contribution is 2.46. The first kappa shape index (κ1) is 3.87. The summed E-state index contributed by atoms with van der Waals surface area (Å²) in [5.41, 5.74) is 2.42. The van der Waals surface area contributed by atoms with Gasteiger partial charge in [-0.25, -0.2) is 0 Å². The Morgan fingerprint density at radius 1 is 2.00 bits per heavy atom. The SMILES string of the molecule is C=C=CS. The van der Waals surface area contributed by atoms with Gasteiger partial charge in [-0.2, -0.15) is 0 Å². The summed E-state index contributed by atoms with van der Waals surface area (Å²) in [5.74, 6) is 0. The van der Waals surface area contributed by atoms with Crippen LogP contribution in [0, 0.1) is 0 Å². The van der Waals surface area contributed by atoms with Crippen molar-refractivity contribution in [2.45, 2.75) is 0 Å². The summed E-state index contributed by atoms with van der Waals surface area (Å²) in [6.07, 6.45) is 0. The molecule has 0 radical (unpaired) electrons. The summed E-state index contributed by atoms with van der Waals surface area (Å²) in [5, 5.41) is 1.46. The van der Waals surface area contributed by atoms with Gasteiger partial charge < -0.3 is 0 Å². The third kappa shape index (κ3) is 1.87. The summed E-state index contributed by atoms with van der Waals surface area (Å²) in [6, 6.07) is 0. The van der Waals surface area contributed by atoms with Gasteiger partial charge in [0.15, 0.2) is 0 Å². The maximum atomic E-state index is 3.62. The molecule has 0 aliphatic carbocycles. The third-order valence-electron chi connectivity index (χ3n) is 0.0913. The number of rotatable bonds is 0. The van der Waals surface area contributed by atoms with E-state index in [-0.39, 0.29) is 0 Å². The fraction of sp³-hybridized carbons (Fsp3) is 0. The molecule has 0 atom stereocenters. The Kier molecular flexibility index (Phi) is 2.78. The van der Waals surface area contributed by atoms with Crippen molar-refractivity contribution in [1.82, 2.24) is 0 Å². The molecule has 0 nitrogen and oxygen atoms in total. The van der Waals surface area contributed by atoms with Crippen LogP contribution in [0.15, 0.2) is 17.7 Å². The molecule has 0 aliphatic heterocycles. The maximum Gasteiger partial charge on any atom is 0.00904 e. The highest BCUT2D eigenvalue weighted by atomic mass is 32.1. The molecule has 0 spiro atoms. The van der Waals surface area contributed by atoms with E-state index >= 15 is 0 Å². The summed E-state index contributed by atoms with van der Waals surface area (Å²) < 4.78 is 0. The summed E-state index contributed by atoms with van der Waals surface area (Å²) >= 11 is 3.62. The Morgan fingerprint density at radius 3 is 2.25 bits per heavy atom. The van der Waals surface area contributed by atoms with Gasteiger partial charge >= 0.3 is 0 Å². The predicted molar refractivity (Wildman–Crippen MR) is 22.7 cm³/mol. The first-order chi connectivity index (χ1) is 1.91. The van der Waals surface area contributed by atoms with Crippen LogP contribution in [0.2, 0.25) is 0 Å². The molecule has 0 amide bonds. The van der Waals surface area contributed by atoms with E-state index < -0.39 is 0 Å². The molecule has 0 N–H and O–H groups in total. The quantitative estimate of drug-likeness (QED) is 0.323. The van der Waals surface area contributed by atoms with Crippen LogP contribution in [0.5, 0.6) is 0 Å². The Balaban J connectivity index is 3.11. The lowest BCUT2D eigenvalue weighted by Gasteiger charge is -1.37. The first-order valence-electron chi connectivity index (χ1n) is 0.900. The van der Waals surface area contributed by atoms with E-state index in [9.17, 15) is 0 Å². The zero-order valence-electron chi connectivity index (χ0n) is 2.23. The van der Waals surface area contributed by atoms with Gasteiger partial charge in [-0.1, -0.05) is 6.58 Å². The van der Waals surface area contributed by atoms with Gasteiger partial charge in [0.2, 0.25) is 0 Å². The molecule has 0 aromatic heterocycles. The van der Waals surface area contributed by atoms with Crippen molar-refractivity contribution in [2.75, 3.05) is 0 Å². The highest BCUT2D eigenvalue weighted by Gasteiger charge is 1.24. The monoisotopic (exact) mass is 72.0 g/mol. The molecule has 0 aliphatic rings. The van der Waals surface area contributed by atoms with Crippen LogP contribution in [0.4, 0.5) is 0 Å². The second-order valence-electron chi connectivity index (χ2n) is 0.333. The Morgan fingerprint density at radius 2 is 2.25 bits per heavy atom. The molecular formula is C3H4S. The van der Waals surface area contributed by atoms with Crippen LogP contribution >= 0.6 is 12.6 Å². The van der Waals surface area contributed by atoms with Crippen LogP contribution in [-0.4, -0.2) is 0 Å². The number of hydrogen-bond acceptors (Lipinski definition) is 1. The molecule has 0 aromatic carbocycles. The van der Waals surface area contributed by atoms with Crippen molar-refractivity contribution in [2.24, 2.45) is 0 Å². The number of hydrogen-bond donors (Lipinski definition) is 1. The van der Waals surface area contributed by atoms with Crippen molar-refractivity contribution >= 4 is 12.6 Å². The van der Waals surface area contributed by atoms with E-state index in [4.69, 9.17) is 0 Å². The molecule has 0 aromatic rings. The summed E-state index contributed by atoms with van der Waals surface area (Å²) in [4.78, 5) is 0. The Bertz CT molecular complexity index is 41.2. The minimum atomic E-state index is 1.46. The van der Waals surface area contributed by atoms with Crippen LogP contribution in [0.1, 0.15) is 0 Å². The van der Waals surface area contributed by atoms with Crippen molar-refractivity contribution < 1.29 is 0 Å². The van der Waals surface area contributed by atoms with Crippen LogP contribution in [0.25, 0.3) is 0 Å². The van der Waals surface area contributed by atoms with E-state index in [0.29, 0.717) is 0 Å². The van der Waals surface area contributed by atoms with Gasteiger partial charge in [0.05, 0.1) is 0 Å². The maximum absolute atomic E-state index is 3.62. The molecule has 0 unspecified atom stereocenters. The van der Waals surface area contributed by atoms with Crippen LogP contribution < -0.4 is 0 Å². The molecule has 1 heteroatoms. The van der Waals surface area contributed by atoms with Gasteiger partial charge in [-0.3, -0.25) is 0 Å². The number of thiol groups is 1. The fourth-order valence-electron chi connectivity index (χ4n) is 0. The highest BCUT2D eigenvalue weighted by molar-refractivity contribution is 7.83. The predicted octanol–water partition coefficient (Wildman–Crippen LogP) is 1.21. The molecule has 0 rings (SSSR count). The van der Waals surface area contributed by atoms with E-state index in [0.717, 1.165) is 0 Å². The molecule has 0 saturated carbocycles. The van der Waals surface area contributed by atoms with Gasteiger partial charge in [0, 0.05) is 5.41 Å². The lowest BCUT2D eigenvalue weighted by atomic mass is 11.0. The van der Waals surface area contributed by atoms with Crippen molar-refractivity contribution in [3.8, 4) is 0 Å². The normalized spacial score (nSPS) is 4.25. The average molecular weight is 72.1 g/mol. The largest absolute Gasteiger partial charge is 0.143 e. The van der Waals surface area contributed by atoms with Crippen LogP contribution in [-0.2, 0) is 0 Å². The Hall–Kier alpha value is -0.130. The molecular weight excluding hydrogens is 68.1 g/mol. The topological polar surface area (TPSA) is 0 Å². The van der Waals surface area contributed by atoms with Gasteiger partial charge in [-0.05, 0) is 0 Å². The standard InChI is InChI=1S/C3H4S/c1-2-3-4/h3-4H,1H2. The van der Waals surface area contributed by atoms with E-state index in [1.54, 1.807) is 0 Å². The molecule has 0 fully saturated rings. The minimum Gasteiger partial charge on any atom is -0.143 e. The third-order valence-corrected chi connectivity index (χ3v) is 0.274. The van der Waals surface area contributed by atoms with Crippen molar-refractivity contribution in [3.05, 3.63) is 17.7 Å². The molecule has 0 heterocycles. The fourth-order valence-corrected chi connectivity index (χ4v) is 0. The Labute approximate surface area is 31.2 Å². The summed E-state index contributed by atoms with van der Waals surface area (Å²) in [6.45, 7) is 3.22. The minimum absolute atomic E-state index is 1.46. The lowest BCUT2D eigenvalue weighted by Crippen LogP contribution is -1.06. The van der Waals surface area contributed by atoms with Gasteiger partial charge in [0.1, 0.15) is 0 Å². The van der Waals surface area contributed by atoms with Gasteiger partial charge in [-0.15, -0.1) is 18.4 Å². The molecule has 0 bridgehead atoms. The van der Waals surface area contributed by atoms with Crippen LogP contribution in [0.3, 0.4) is 0 Å². The van der Waals surface area contributed by atoms with E-state index in [1.807, 2.05) is 0 Å². The first-order valence-corrected chi connectivity index (χ1v) is 1.42. The smallest absolute Gasteiger partial charge is 0.00904 e. The molecule has 0 saturated heterocycles. The average Bonchev–Trinajstić information content (AvgIpc) is 1.37. The van der Waals surface area contributed by atoms with Crippen molar-refractivity contribution in [3.63, 3.8) is 0 Å². The second kappa shape index (κ2) is 2.87. The highest BCUT2D eigenvalue weighted by Crippen LogP contribution is 1.62. The molecule has 22 valence electrons. The van der Waals surface area contributed by atoms with E-state index in [2.05, 4.69) is 24.9 Å². The zero-order valence-corrected chi connectivity index (χ0v) is 3.13. The summed E-state index contributed by atoms with van der Waals surface area (Å²) in [7, 11) is 0. The zero-order chi connectivity index (χ0) is 3.41. The van der Waals surface area contributed by atoms with Crippen molar-refractivity contribution in [1.29, 1.82) is 0 Å². The second-order valence-corrected chi connectivity index (χ2v) is 0.591. The van der Waals surface area contributed by atoms with Gasteiger partial charge in [0.25, 0.3) is 0 Å².